The van der Waals surface area contributed by atoms with E-state index in [0.717, 1.165) is 22.2 Å². The Morgan fingerprint density at radius 3 is 3.11 bits per heavy atom. The predicted molar refractivity (Wildman–Crippen MR) is 78.0 cm³/mol. The second-order valence-corrected chi connectivity index (χ2v) is 5.83. The first-order chi connectivity index (χ1) is 8.72. The molecule has 96 valence electrons. The van der Waals surface area contributed by atoms with Crippen LogP contribution >= 0.6 is 27.7 Å². The molecule has 0 radical (unpaired) electrons. The Labute approximate surface area is 118 Å². The van der Waals surface area contributed by atoms with Gasteiger partial charge in [0.25, 0.3) is 0 Å². The first-order valence-electron chi connectivity index (χ1n) is 5.67. The Balaban J connectivity index is 1.96. The maximum atomic E-state index is 11.0. The topological polar surface area (TPSA) is 42.1 Å². The highest BCUT2D eigenvalue weighted by Crippen LogP contribution is 2.32. The van der Waals surface area contributed by atoms with Gasteiger partial charge >= 0.3 is 5.97 Å². The minimum absolute atomic E-state index is 0.141. The van der Waals surface area contributed by atoms with Gasteiger partial charge < -0.3 is 9.72 Å². The summed E-state index contributed by atoms with van der Waals surface area (Å²) in [7, 11) is 1.42. The number of hydrogen-bond acceptors (Lipinski definition) is 3. The SMILES string of the molecule is COC(=O)CCCSc1c[nH]c2c(Br)cccc12. The molecule has 3 nitrogen and oxygen atoms in total. The number of thioether (sulfide) groups is 1. The fourth-order valence-corrected chi connectivity index (χ4v) is 3.17. The van der Waals surface area contributed by atoms with E-state index in [-0.39, 0.29) is 5.97 Å². The Morgan fingerprint density at radius 1 is 1.50 bits per heavy atom. The molecule has 18 heavy (non-hydrogen) atoms. The van der Waals surface area contributed by atoms with Crippen LogP contribution < -0.4 is 0 Å². The number of para-hydroxylation sites is 1. The molecule has 0 amide bonds. The normalized spacial score (nSPS) is 10.8. The van der Waals surface area contributed by atoms with Crippen molar-refractivity contribution in [2.45, 2.75) is 17.7 Å². The third kappa shape index (κ3) is 3.09. The molecule has 1 aromatic carbocycles. The average molecular weight is 328 g/mol. The van der Waals surface area contributed by atoms with Crippen molar-refractivity contribution < 1.29 is 9.53 Å². The van der Waals surface area contributed by atoms with E-state index < -0.39 is 0 Å². The highest BCUT2D eigenvalue weighted by atomic mass is 79.9. The lowest BCUT2D eigenvalue weighted by molar-refractivity contribution is -0.140. The number of fused-ring (bicyclic) bond motifs is 1. The van der Waals surface area contributed by atoms with Gasteiger partial charge in [0.2, 0.25) is 0 Å². The van der Waals surface area contributed by atoms with E-state index in [1.54, 1.807) is 11.8 Å². The van der Waals surface area contributed by atoms with Crippen LogP contribution in [0.2, 0.25) is 0 Å². The van der Waals surface area contributed by atoms with Crippen LogP contribution in [0.4, 0.5) is 0 Å². The monoisotopic (exact) mass is 327 g/mol. The van der Waals surface area contributed by atoms with Crippen LogP contribution in [0.25, 0.3) is 10.9 Å². The number of aromatic nitrogens is 1. The van der Waals surface area contributed by atoms with Crippen molar-refractivity contribution in [2.24, 2.45) is 0 Å². The summed E-state index contributed by atoms with van der Waals surface area (Å²) in [5.74, 6) is 0.770. The van der Waals surface area contributed by atoms with E-state index in [1.807, 2.05) is 18.3 Å². The molecule has 0 aliphatic rings. The molecular formula is C13H14BrNO2S. The molecule has 0 atom stereocenters. The zero-order valence-corrected chi connectivity index (χ0v) is 12.4. The summed E-state index contributed by atoms with van der Waals surface area (Å²) >= 11 is 5.28. The van der Waals surface area contributed by atoms with Gasteiger partial charge in [0.1, 0.15) is 0 Å². The van der Waals surface area contributed by atoms with Crippen molar-refractivity contribution in [3.63, 3.8) is 0 Å². The highest BCUT2D eigenvalue weighted by Gasteiger charge is 2.07. The maximum Gasteiger partial charge on any atom is 0.305 e. The van der Waals surface area contributed by atoms with E-state index >= 15 is 0 Å². The van der Waals surface area contributed by atoms with Gasteiger partial charge in [0, 0.05) is 27.4 Å². The molecule has 2 aromatic rings. The van der Waals surface area contributed by atoms with Crippen molar-refractivity contribution in [2.75, 3.05) is 12.9 Å². The molecule has 1 aromatic heterocycles. The van der Waals surface area contributed by atoms with Gasteiger partial charge in [-0.25, -0.2) is 0 Å². The van der Waals surface area contributed by atoms with E-state index in [0.29, 0.717) is 6.42 Å². The Kier molecular flexibility index (Phi) is 4.72. The number of H-pyrrole nitrogens is 1. The molecule has 0 fully saturated rings. The fourth-order valence-electron chi connectivity index (χ4n) is 1.71. The summed E-state index contributed by atoms with van der Waals surface area (Å²) in [6.45, 7) is 0. The third-order valence-electron chi connectivity index (χ3n) is 2.64. The first kappa shape index (κ1) is 13.5. The molecule has 0 unspecified atom stereocenters. The molecule has 1 heterocycles. The van der Waals surface area contributed by atoms with E-state index in [9.17, 15) is 4.79 Å². The van der Waals surface area contributed by atoms with Crippen molar-refractivity contribution in [3.05, 3.63) is 28.9 Å². The quantitative estimate of drug-likeness (QED) is 0.513. The molecule has 0 aliphatic carbocycles. The number of halogens is 1. The number of methoxy groups -OCH3 is 1. The van der Waals surface area contributed by atoms with Crippen LogP contribution in [0, 0.1) is 0 Å². The van der Waals surface area contributed by atoms with Crippen molar-refractivity contribution in [3.8, 4) is 0 Å². The summed E-state index contributed by atoms with van der Waals surface area (Å²) in [4.78, 5) is 15.5. The van der Waals surface area contributed by atoms with E-state index in [1.165, 1.54) is 17.4 Å². The van der Waals surface area contributed by atoms with Crippen LogP contribution in [0.3, 0.4) is 0 Å². The fraction of sp³-hybridized carbons (Fsp3) is 0.308. The summed E-state index contributed by atoms with van der Waals surface area (Å²) in [6, 6.07) is 6.14. The van der Waals surface area contributed by atoms with E-state index in [2.05, 4.69) is 31.7 Å². The molecule has 0 spiro atoms. The minimum atomic E-state index is -0.141. The standard InChI is InChI=1S/C13H14BrNO2S/c1-17-12(16)6-3-7-18-11-8-15-13-9(11)4-2-5-10(13)14/h2,4-5,8,15H,3,6-7H2,1H3. The molecule has 5 heteroatoms. The zero-order valence-electron chi connectivity index (χ0n) is 10.0. The second kappa shape index (κ2) is 6.29. The Morgan fingerprint density at radius 2 is 2.33 bits per heavy atom. The number of aromatic amines is 1. The maximum absolute atomic E-state index is 11.0. The molecular weight excluding hydrogens is 314 g/mol. The lowest BCUT2D eigenvalue weighted by atomic mass is 10.2. The summed E-state index contributed by atoms with van der Waals surface area (Å²) in [6.07, 6.45) is 3.33. The zero-order chi connectivity index (χ0) is 13.0. The lowest BCUT2D eigenvalue weighted by Crippen LogP contribution is -1.99. The summed E-state index contributed by atoms with van der Waals surface area (Å²) in [5, 5.41) is 1.22. The Bertz CT molecular complexity index is 553. The highest BCUT2D eigenvalue weighted by molar-refractivity contribution is 9.10. The number of benzene rings is 1. The van der Waals surface area contributed by atoms with Gasteiger partial charge in [0.05, 0.1) is 12.6 Å². The molecule has 1 N–H and O–H groups in total. The number of nitrogens with one attached hydrogen (secondary N) is 1. The van der Waals surface area contributed by atoms with Gasteiger partial charge in [0.15, 0.2) is 0 Å². The molecule has 0 saturated carbocycles. The smallest absolute Gasteiger partial charge is 0.305 e. The minimum Gasteiger partial charge on any atom is -0.469 e. The molecule has 0 bridgehead atoms. The number of ether oxygens (including phenoxy) is 1. The third-order valence-corrected chi connectivity index (χ3v) is 4.44. The number of carbonyl (C=O) groups excluding carboxylic acids is 1. The van der Waals surface area contributed by atoms with Crippen LogP contribution in [-0.4, -0.2) is 23.8 Å². The summed E-state index contributed by atoms with van der Waals surface area (Å²) in [5.41, 5.74) is 1.12. The number of rotatable bonds is 5. The second-order valence-electron chi connectivity index (χ2n) is 3.84. The van der Waals surface area contributed by atoms with Gasteiger partial charge in [-0.05, 0) is 34.2 Å². The molecule has 0 saturated heterocycles. The van der Waals surface area contributed by atoms with Gasteiger partial charge in [-0.3, -0.25) is 4.79 Å². The van der Waals surface area contributed by atoms with Crippen LogP contribution in [0.5, 0.6) is 0 Å². The van der Waals surface area contributed by atoms with Crippen molar-refractivity contribution in [1.29, 1.82) is 0 Å². The predicted octanol–water partition coefficient (Wildman–Crippen LogP) is 3.98. The lowest BCUT2D eigenvalue weighted by Gasteiger charge is -2.00. The van der Waals surface area contributed by atoms with E-state index in [4.69, 9.17) is 0 Å². The van der Waals surface area contributed by atoms with Crippen molar-refractivity contribution >= 4 is 44.6 Å². The van der Waals surface area contributed by atoms with Crippen molar-refractivity contribution in [1.82, 2.24) is 4.98 Å². The number of carbonyl (C=O) groups is 1. The molecule has 0 aliphatic heterocycles. The van der Waals surface area contributed by atoms with Crippen LogP contribution in [-0.2, 0) is 9.53 Å². The largest absolute Gasteiger partial charge is 0.469 e. The van der Waals surface area contributed by atoms with Crippen LogP contribution in [0.15, 0.2) is 33.8 Å². The summed E-state index contributed by atoms with van der Waals surface area (Å²) < 4.78 is 5.68. The van der Waals surface area contributed by atoms with Gasteiger partial charge in [-0.1, -0.05) is 12.1 Å². The van der Waals surface area contributed by atoms with Gasteiger partial charge in [-0.2, -0.15) is 0 Å². The van der Waals surface area contributed by atoms with Gasteiger partial charge in [-0.15, -0.1) is 11.8 Å². The number of esters is 1. The first-order valence-corrected chi connectivity index (χ1v) is 7.45. The molecule has 2 rings (SSSR count). The average Bonchev–Trinajstić information content (AvgIpc) is 2.79. The number of hydrogen-bond donors (Lipinski definition) is 1. The van der Waals surface area contributed by atoms with Crippen LogP contribution in [0.1, 0.15) is 12.8 Å². The Hall–Kier alpha value is -0.940.